The zero-order valence-corrected chi connectivity index (χ0v) is 12.8. The highest BCUT2D eigenvalue weighted by molar-refractivity contribution is 5.74. The van der Waals surface area contributed by atoms with Gasteiger partial charge in [-0.3, -0.25) is 0 Å². The van der Waals surface area contributed by atoms with Crippen molar-refractivity contribution >= 4 is 5.97 Å². The van der Waals surface area contributed by atoms with Gasteiger partial charge in [0.15, 0.2) is 11.9 Å². The molecular formula is C17H14FNO5. The first-order valence-corrected chi connectivity index (χ1v) is 7.20. The first-order valence-electron chi connectivity index (χ1n) is 7.20. The minimum absolute atomic E-state index is 0.0554. The fraction of sp³-hybridized carbons (Fsp3) is 0.176. The molecule has 1 atom stereocenters. The molecule has 6 nitrogen and oxygen atoms in total. The Bertz CT molecular complexity index is 795. The van der Waals surface area contributed by atoms with Crippen LogP contribution in [0.3, 0.4) is 0 Å². The Labute approximate surface area is 136 Å². The average Bonchev–Trinajstić information content (AvgIpc) is 3.25. The van der Waals surface area contributed by atoms with E-state index in [0.717, 1.165) is 0 Å². The van der Waals surface area contributed by atoms with Gasteiger partial charge < -0.3 is 18.4 Å². The third kappa shape index (κ3) is 3.81. The summed E-state index contributed by atoms with van der Waals surface area (Å²) in [6, 6.07) is 10.5. The highest BCUT2D eigenvalue weighted by Gasteiger charge is 2.18. The van der Waals surface area contributed by atoms with Crippen LogP contribution in [-0.4, -0.2) is 17.2 Å². The minimum atomic E-state index is -0.841. The lowest BCUT2D eigenvalue weighted by atomic mass is 10.3. The summed E-state index contributed by atoms with van der Waals surface area (Å²) in [4.78, 5) is 11.9. The van der Waals surface area contributed by atoms with Crippen molar-refractivity contribution in [3.63, 3.8) is 0 Å². The second kappa shape index (κ2) is 6.99. The van der Waals surface area contributed by atoms with Gasteiger partial charge >= 0.3 is 5.97 Å². The Morgan fingerprint density at radius 1 is 1.25 bits per heavy atom. The van der Waals surface area contributed by atoms with Crippen molar-refractivity contribution in [2.75, 3.05) is 0 Å². The van der Waals surface area contributed by atoms with Gasteiger partial charge in [-0.25, -0.2) is 9.18 Å². The molecule has 1 aromatic carbocycles. The summed E-state index contributed by atoms with van der Waals surface area (Å²) in [5.41, 5.74) is 0.448. The molecule has 0 spiro atoms. The van der Waals surface area contributed by atoms with Gasteiger partial charge in [0, 0.05) is 6.07 Å². The Balaban J connectivity index is 1.52. The van der Waals surface area contributed by atoms with Gasteiger partial charge in [0.1, 0.15) is 23.9 Å². The van der Waals surface area contributed by atoms with Crippen molar-refractivity contribution in [1.29, 1.82) is 0 Å². The smallest absolute Gasteiger partial charge is 0.347 e. The van der Waals surface area contributed by atoms with Crippen LogP contribution in [-0.2, 0) is 16.1 Å². The number of benzene rings is 1. The molecule has 3 aromatic rings. The molecule has 0 saturated heterocycles. The second-order valence-electron chi connectivity index (χ2n) is 4.98. The first kappa shape index (κ1) is 15.8. The van der Waals surface area contributed by atoms with Crippen LogP contribution in [0, 0.1) is 5.82 Å². The van der Waals surface area contributed by atoms with Crippen LogP contribution in [0.1, 0.15) is 12.6 Å². The molecule has 0 aliphatic rings. The van der Waals surface area contributed by atoms with Gasteiger partial charge in [-0.2, -0.15) is 0 Å². The quantitative estimate of drug-likeness (QED) is 0.643. The average molecular weight is 331 g/mol. The van der Waals surface area contributed by atoms with E-state index in [1.54, 1.807) is 25.1 Å². The summed E-state index contributed by atoms with van der Waals surface area (Å²) >= 11 is 0. The lowest BCUT2D eigenvalue weighted by Crippen LogP contribution is -2.26. The molecule has 2 heterocycles. The molecule has 0 aliphatic carbocycles. The van der Waals surface area contributed by atoms with E-state index in [1.165, 1.54) is 30.5 Å². The van der Waals surface area contributed by atoms with Gasteiger partial charge in [-0.15, -0.1) is 0 Å². The number of rotatable bonds is 6. The number of carbonyl (C=O) groups is 1. The first-order chi connectivity index (χ1) is 11.6. The van der Waals surface area contributed by atoms with E-state index in [4.69, 9.17) is 18.4 Å². The lowest BCUT2D eigenvalue weighted by molar-refractivity contribution is -0.152. The molecule has 0 aliphatic heterocycles. The second-order valence-corrected chi connectivity index (χ2v) is 4.98. The molecule has 24 heavy (non-hydrogen) atoms. The molecule has 0 amide bonds. The topological polar surface area (TPSA) is 74.7 Å². The van der Waals surface area contributed by atoms with E-state index >= 15 is 0 Å². The summed E-state index contributed by atoms with van der Waals surface area (Å²) in [5.74, 6) is 0.412. The molecule has 124 valence electrons. The van der Waals surface area contributed by atoms with Crippen LogP contribution in [0.15, 0.2) is 57.7 Å². The Morgan fingerprint density at radius 2 is 2.04 bits per heavy atom. The molecule has 3 rings (SSSR count). The van der Waals surface area contributed by atoms with Gasteiger partial charge in [-0.05, 0) is 43.3 Å². The third-order valence-corrected chi connectivity index (χ3v) is 3.14. The number of carbonyl (C=O) groups excluding carboxylic acids is 1. The van der Waals surface area contributed by atoms with E-state index in [-0.39, 0.29) is 12.4 Å². The van der Waals surface area contributed by atoms with Crippen LogP contribution in [0.4, 0.5) is 4.39 Å². The maximum Gasteiger partial charge on any atom is 0.347 e. The standard InChI is InChI=1S/C17H14FNO5/c1-11(23-14-6-4-12(18)5-7-14)17(20)22-10-13-9-16(24-19-13)15-3-2-8-21-15/h2-9,11H,10H2,1H3/t11-/m1/s1. The van der Waals surface area contributed by atoms with E-state index in [1.807, 2.05) is 0 Å². The number of hydrogen-bond donors (Lipinski definition) is 0. The third-order valence-electron chi connectivity index (χ3n) is 3.14. The molecule has 0 bridgehead atoms. The largest absolute Gasteiger partial charge is 0.479 e. The van der Waals surface area contributed by atoms with E-state index in [0.29, 0.717) is 23.0 Å². The molecule has 0 unspecified atom stereocenters. The molecule has 0 fully saturated rings. The van der Waals surface area contributed by atoms with Crippen LogP contribution in [0.5, 0.6) is 5.75 Å². The van der Waals surface area contributed by atoms with Gasteiger partial charge in [0.25, 0.3) is 0 Å². The lowest BCUT2D eigenvalue weighted by Gasteiger charge is -2.13. The number of halogens is 1. The van der Waals surface area contributed by atoms with Crippen LogP contribution in [0.2, 0.25) is 0 Å². The van der Waals surface area contributed by atoms with Crippen molar-refractivity contribution < 1.29 is 27.6 Å². The fourth-order valence-corrected chi connectivity index (χ4v) is 1.94. The predicted molar refractivity (Wildman–Crippen MR) is 80.5 cm³/mol. The zero-order chi connectivity index (χ0) is 16.9. The van der Waals surface area contributed by atoms with Crippen molar-refractivity contribution in [3.05, 3.63) is 60.2 Å². The Hall–Kier alpha value is -3.09. The number of esters is 1. The van der Waals surface area contributed by atoms with Crippen LogP contribution in [0.25, 0.3) is 11.5 Å². The highest BCUT2D eigenvalue weighted by atomic mass is 19.1. The van der Waals surface area contributed by atoms with Crippen molar-refractivity contribution in [2.24, 2.45) is 0 Å². The summed E-state index contributed by atoms with van der Waals surface area (Å²) in [7, 11) is 0. The summed E-state index contributed by atoms with van der Waals surface area (Å²) in [6.45, 7) is 1.49. The number of ether oxygens (including phenoxy) is 2. The fourth-order valence-electron chi connectivity index (χ4n) is 1.94. The Morgan fingerprint density at radius 3 is 2.75 bits per heavy atom. The number of aromatic nitrogens is 1. The molecule has 0 saturated carbocycles. The SMILES string of the molecule is C[C@@H](Oc1ccc(F)cc1)C(=O)OCc1cc(-c2ccco2)on1. The summed E-state index contributed by atoms with van der Waals surface area (Å²) < 4.78 is 33.6. The van der Waals surface area contributed by atoms with Crippen molar-refractivity contribution in [2.45, 2.75) is 19.6 Å². The number of furan rings is 1. The maximum absolute atomic E-state index is 12.8. The van der Waals surface area contributed by atoms with Crippen molar-refractivity contribution in [1.82, 2.24) is 5.16 Å². The van der Waals surface area contributed by atoms with Crippen molar-refractivity contribution in [3.8, 4) is 17.3 Å². The van der Waals surface area contributed by atoms with Crippen LogP contribution >= 0.6 is 0 Å². The van der Waals surface area contributed by atoms with E-state index in [2.05, 4.69) is 5.16 Å². The molecule has 0 radical (unpaired) electrons. The Kier molecular flexibility index (Phi) is 4.60. The van der Waals surface area contributed by atoms with Gasteiger partial charge in [0.2, 0.25) is 5.76 Å². The minimum Gasteiger partial charge on any atom is -0.479 e. The molecule has 2 aromatic heterocycles. The van der Waals surface area contributed by atoms with Crippen LogP contribution < -0.4 is 4.74 Å². The molecule has 7 heteroatoms. The number of nitrogens with zero attached hydrogens (tertiary/aromatic N) is 1. The predicted octanol–water partition coefficient (Wildman–Crippen LogP) is 3.58. The van der Waals surface area contributed by atoms with Gasteiger partial charge in [-0.1, -0.05) is 5.16 Å². The zero-order valence-electron chi connectivity index (χ0n) is 12.8. The number of hydrogen-bond acceptors (Lipinski definition) is 6. The maximum atomic E-state index is 12.8. The highest BCUT2D eigenvalue weighted by Crippen LogP contribution is 2.21. The summed E-state index contributed by atoms with van der Waals surface area (Å²) in [5, 5.41) is 3.80. The monoisotopic (exact) mass is 331 g/mol. The van der Waals surface area contributed by atoms with Gasteiger partial charge in [0.05, 0.1) is 6.26 Å². The molecular weight excluding hydrogens is 317 g/mol. The summed E-state index contributed by atoms with van der Waals surface area (Å²) in [6.07, 6.45) is 0.679. The molecule has 0 N–H and O–H groups in total. The normalized spacial score (nSPS) is 11.9. The van der Waals surface area contributed by atoms with E-state index < -0.39 is 12.1 Å². The van der Waals surface area contributed by atoms with E-state index in [9.17, 15) is 9.18 Å².